The number of anilines is 1. The minimum absolute atomic E-state index is 0.396. The lowest BCUT2D eigenvalue weighted by Crippen LogP contribution is -2.16. The van der Waals surface area contributed by atoms with Crippen molar-refractivity contribution in [3.63, 3.8) is 0 Å². The first kappa shape index (κ1) is 17.2. The van der Waals surface area contributed by atoms with Crippen molar-refractivity contribution in [3.05, 3.63) is 40.7 Å². The molecule has 0 spiro atoms. The summed E-state index contributed by atoms with van der Waals surface area (Å²) in [5.74, 6) is 1.67. The zero-order valence-corrected chi connectivity index (χ0v) is 15.6. The van der Waals surface area contributed by atoms with Crippen LogP contribution in [0.2, 0.25) is 5.02 Å². The molecule has 2 heterocycles. The number of aromatic nitrogens is 2. The molecule has 0 aliphatic heterocycles. The largest absolute Gasteiger partial charge is 0.367 e. The smallest absolute Gasteiger partial charge is 0.163 e. The lowest BCUT2D eigenvalue weighted by molar-refractivity contribution is 0.614. The molecule has 1 atom stereocenters. The number of rotatable bonds is 7. The molecular formula is C19H22ClN3S. The molecule has 0 aliphatic rings. The molecule has 5 heteroatoms. The second-order valence-electron chi connectivity index (χ2n) is 6.08. The highest BCUT2D eigenvalue weighted by Gasteiger charge is 2.12. The Balaban J connectivity index is 1.88. The zero-order chi connectivity index (χ0) is 16.9. The van der Waals surface area contributed by atoms with Gasteiger partial charge in [0.2, 0.25) is 0 Å². The Bertz CT molecular complexity index is 798. The first-order valence-corrected chi connectivity index (χ1v) is 9.71. The second-order valence-corrected chi connectivity index (χ2v) is 7.41. The van der Waals surface area contributed by atoms with Crippen LogP contribution >= 0.6 is 22.9 Å². The van der Waals surface area contributed by atoms with Gasteiger partial charge in [-0.2, -0.15) is 0 Å². The molecule has 24 heavy (non-hydrogen) atoms. The lowest BCUT2D eigenvalue weighted by Gasteiger charge is -2.15. The highest BCUT2D eigenvalue weighted by atomic mass is 35.5. The highest BCUT2D eigenvalue weighted by Crippen LogP contribution is 2.29. The fourth-order valence-corrected chi connectivity index (χ4v) is 3.59. The van der Waals surface area contributed by atoms with Gasteiger partial charge in [0.15, 0.2) is 5.82 Å². The van der Waals surface area contributed by atoms with E-state index in [4.69, 9.17) is 21.6 Å². The quantitative estimate of drug-likeness (QED) is 0.496. The summed E-state index contributed by atoms with van der Waals surface area (Å²) < 4.78 is 0. The van der Waals surface area contributed by atoms with Crippen molar-refractivity contribution >= 4 is 39.0 Å². The van der Waals surface area contributed by atoms with E-state index in [1.54, 1.807) is 11.3 Å². The van der Waals surface area contributed by atoms with Crippen LogP contribution in [0.4, 0.5) is 5.82 Å². The number of nitrogens with zero attached hydrogens (tertiary/aromatic N) is 2. The average Bonchev–Trinajstić information content (AvgIpc) is 3.04. The first-order valence-electron chi connectivity index (χ1n) is 8.45. The first-order chi connectivity index (χ1) is 11.7. The zero-order valence-electron chi connectivity index (χ0n) is 14.1. The van der Waals surface area contributed by atoms with Gasteiger partial charge in [-0.25, -0.2) is 9.97 Å². The number of thiophene rings is 1. The Morgan fingerprint density at radius 3 is 2.67 bits per heavy atom. The summed E-state index contributed by atoms with van der Waals surface area (Å²) in [6, 6.07) is 10.2. The normalized spacial score (nSPS) is 12.5. The topological polar surface area (TPSA) is 37.8 Å². The molecule has 0 bridgehead atoms. The van der Waals surface area contributed by atoms with Gasteiger partial charge in [-0.1, -0.05) is 37.8 Å². The summed E-state index contributed by atoms with van der Waals surface area (Å²) in [6.07, 6.45) is 4.92. The van der Waals surface area contributed by atoms with E-state index in [-0.39, 0.29) is 0 Å². The van der Waals surface area contributed by atoms with Crippen LogP contribution in [0.3, 0.4) is 0 Å². The van der Waals surface area contributed by atoms with E-state index >= 15 is 0 Å². The third-order valence-electron chi connectivity index (χ3n) is 4.05. The summed E-state index contributed by atoms with van der Waals surface area (Å²) in [5.41, 5.74) is 0.983. The third kappa shape index (κ3) is 4.05. The van der Waals surface area contributed by atoms with Gasteiger partial charge in [0.05, 0.1) is 5.39 Å². The van der Waals surface area contributed by atoms with Crippen LogP contribution in [0, 0.1) is 0 Å². The van der Waals surface area contributed by atoms with Crippen molar-refractivity contribution in [1.29, 1.82) is 0 Å². The average molecular weight is 360 g/mol. The van der Waals surface area contributed by atoms with Crippen LogP contribution in [0.5, 0.6) is 0 Å². The van der Waals surface area contributed by atoms with Crippen LogP contribution in [0.15, 0.2) is 35.7 Å². The van der Waals surface area contributed by atoms with E-state index in [2.05, 4.69) is 30.6 Å². The Hall–Kier alpha value is -1.65. The lowest BCUT2D eigenvalue weighted by atomic mass is 10.1. The summed E-state index contributed by atoms with van der Waals surface area (Å²) in [6.45, 7) is 4.45. The summed E-state index contributed by atoms with van der Waals surface area (Å²) in [7, 11) is 0. The van der Waals surface area contributed by atoms with Crippen molar-refractivity contribution < 1.29 is 0 Å². The van der Waals surface area contributed by atoms with Gasteiger partial charge in [-0.3, -0.25) is 0 Å². The van der Waals surface area contributed by atoms with Crippen molar-refractivity contribution in [2.24, 2.45) is 0 Å². The minimum atomic E-state index is 0.396. The maximum absolute atomic E-state index is 5.99. The van der Waals surface area contributed by atoms with Crippen LogP contribution in [0.25, 0.3) is 21.6 Å². The maximum Gasteiger partial charge on any atom is 0.163 e. The molecule has 1 aromatic carbocycles. The summed E-state index contributed by atoms with van der Waals surface area (Å²) >= 11 is 7.63. The van der Waals surface area contributed by atoms with E-state index in [1.165, 1.54) is 19.3 Å². The molecular weight excluding hydrogens is 338 g/mol. The van der Waals surface area contributed by atoms with Crippen LogP contribution < -0.4 is 5.32 Å². The molecule has 1 unspecified atom stereocenters. The molecule has 3 rings (SSSR count). The predicted octanol–water partition coefficient (Wildman–Crippen LogP) is 6.39. The Kier molecular flexibility index (Phi) is 5.69. The fraction of sp³-hybridized carbons (Fsp3) is 0.368. The molecule has 126 valence electrons. The molecule has 3 nitrogen and oxygen atoms in total. The van der Waals surface area contributed by atoms with E-state index < -0.39 is 0 Å². The fourth-order valence-electron chi connectivity index (χ4n) is 2.70. The third-order valence-corrected chi connectivity index (χ3v) is 5.11. The molecule has 0 fully saturated rings. The monoisotopic (exact) mass is 359 g/mol. The number of halogens is 1. The number of unbranched alkanes of at least 4 members (excludes halogenated alkanes) is 2. The van der Waals surface area contributed by atoms with Gasteiger partial charge in [0, 0.05) is 16.6 Å². The SMILES string of the molecule is CCCCCC(C)Nc1nc(-c2ccc(Cl)cc2)nc2sccc12. The molecule has 1 N–H and O–H groups in total. The molecule has 0 amide bonds. The molecule has 0 aliphatic carbocycles. The van der Waals surface area contributed by atoms with Crippen molar-refractivity contribution in [2.45, 2.75) is 45.6 Å². The number of fused-ring (bicyclic) bond motifs is 1. The van der Waals surface area contributed by atoms with Gasteiger partial charge >= 0.3 is 0 Å². The van der Waals surface area contributed by atoms with E-state index in [0.29, 0.717) is 6.04 Å². The summed E-state index contributed by atoms with van der Waals surface area (Å²) in [4.78, 5) is 10.5. The van der Waals surface area contributed by atoms with Crippen LogP contribution in [-0.2, 0) is 0 Å². The number of hydrogen-bond donors (Lipinski definition) is 1. The predicted molar refractivity (Wildman–Crippen MR) is 105 cm³/mol. The second kappa shape index (κ2) is 7.95. The molecule has 3 aromatic rings. The van der Waals surface area contributed by atoms with Crippen LogP contribution in [-0.4, -0.2) is 16.0 Å². The van der Waals surface area contributed by atoms with Gasteiger partial charge in [0.25, 0.3) is 0 Å². The number of nitrogens with one attached hydrogen (secondary N) is 1. The number of benzene rings is 1. The Labute approximate surface area is 152 Å². The number of hydrogen-bond acceptors (Lipinski definition) is 4. The molecule has 0 radical (unpaired) electrons. The van der Waals surface area contributed by atoms with Gasteiger partial charge < -0.3 is 5.32 Å². The maximum atomic E-state index is 5.99. The van der Waals surface area contributed by atoms with E-state index in [0.717, 1.165) is 38.9 Å². The standard InChI is InChI=1S/C19H22ClN3S/c1-3-4-5-6-13(2)21-18-16-11-12-24-19(16)23-17(22-18)14-7-9-15(20)10-8-14/h7-13H,3-6H2,1-2H3,(H,21,22,23). The van der Waals surface area contributed by atoms with Gasteiger partial charge in [-0.15, -0.1) is 11.3 Å². The van der Waals surface area contributed by atoms with Crippen molar-refractivity contribution in [1.82, 2.24) is 9.97 Å². The summed E-state index contributed by atoms with van der Waals surface area (Å²) in [5, 5.41) is 7.47. The van der Waals surface area contributed by atoms with Crippen LogP contribution in [0.1, 0.15) is 39.5 Å². The Morgan fingerprint density at radius 1 is 1.12 bits per heavy atom. The van der Waals surface area contributed by atoms with Crippen molar-refractivity contribution in [2.75, 3.05) is 5.32 Å². The molecule has 0 saturated heterocycles. The molecule has 0 saturated carbocycles. The molecule has 2 aromatic heterocycles. The van der Waals surface area contributed by atoms with Crippen molar-refractivity contribution in [3.8, 4) is 11.4 Å². The van der Waals surface area contributed by atoms with Gasteiger partial charge in [0.1, 0.15) is 10.6 Å². The van der Waals surface area contributed by atoms with E-state index in [1.807, 2.05) is 24.3 Å². The Morgan fingerprint density at radius 2 is 1.92 bits per heavy atom. The minimum Gasteiger partial charge on any atom is -0.367 e. The van der Waals surface area contributed by atoms with E-state index in [9.17, 15) is 0 Å². The highest BCUT2D eigenvalue weighted by molar-refractivity contribution is 7.16. The van der Waals surface area contributed by atoms with Gasteiger partial charge in [-0.05, 0) is 49.1 Å².